The summed E-state index contributed by atoms with van der Waals surface area (Å²) in [6.07, 6.45) is 0. The summed E-state index contributed by atoms with van der Waals surface area (Å²) in [6.45, 7) is 0.526. The van der Waals surface area contributed by atoms with Crippen molar-refractivity contribution in [2.45, 2.75) is 13.1 Å². The van der Waals surface area contributed by atoms with Crippen molar-refractivity contribution >= 4 is 17.6 Å². The molecular weight excluding hydrogens is 383 g/mol. The molecule has 0 aliphatic heterocycles. The minimum atomic E-state index is -0.483. The molecule has 0 atom stereocenters. The molecule has 3 aromatic rings. The second-order valence-corrected chi connectivity index (χ2v) is 6.60. The van der Waals surface area contributed by atoms with Crippen molar-refractivity contribution in [1.82, 2.24) is 16.1 Å². The standard InChI is InChI=1S/C23H23FN4O2/c24-20-13-11-18(12-14-20)15-25-23(30)26-16-22(29)27-28(21-9-5-2-6-10-21)17-19-7-3-1-4-8-19/h1-14H,15-17H2,(H,27,29)(H2,25,26,30). The summed E-state index contributed by atoms with van der Waals surface area (Å²) in [4.78, 5) is 24.3. The van der Waals surface area contributed by atoms with Crippen LogP contribution in [0.5, 0.6) is 0 Å². The van der Waals surface area contributed by atoms with Gasteiger partial charge in [0.1, 0.15) is 12.4 Å². The summed E-state index contributed by atoms with van der Waals surface area (Å²) in [5.41, 5.74) is 5.45. The molecule has 0 aliphatic rings. The van der Waals surface area contributed by atoms with Gasteiger partial charge < -0.3 is 10.6 Å². The molecule has 0 bridgehead atoms. The van der Waals surface area contributed by atoms with E-state index in [2.05, 4.69) is 16.1 Å². The number of hydrazine groups is 1. The lowest BCUT2D eigenvalue weighted by Crippen LogP contribution is -2.48. The molecule has 0 saturated heterocycles. The molecule has 0 saturated carbocycles. The predicted octanol–water partition coefficient (Wildman–Crippen LogP) is 3.36. The molecule has 0 aliphatic carbocycles. The second kappa shape index (κ2) is 10.6. The zero-order valence-corrected chi connectivity index (χ0v) is 16.3. The van der Waals surface area contributed by atoms with E-state index in [4.69, 9.17) is 0 Å². The van der Waals surface area contributed by atoms with Gasteiger partial charge in [-0.15, -0.1) is 0 Å². The van der Waals surface area contributed by atoms with Crippen LogP contribution in [0.1, 0.15) is 11.1 Å². The van der Waals surface area contributed by atoms with Gasteiger partial charge in [0.25, 0.3) is 5.91 Å². The average molecular weight is 406 g/mol. The first-order chi connectivity index (χ1) is 14.6. The van der Waals surface area contributed by atoms with E-state index in [1.54, 1.807) is 17.1 Å². The number of nitrogens with one attached hydrogen (secondary N) is 3. The molecule has 3 rings (SSSR count). The molecular formula is C23H23FN4O2. The molecule has 0 radical (unpaired) electrons. The number of nitrogens with zero attached hydrogens (tertiary/aromatic N) is 1. The van der Waals surface area contributed by atoms with Gasteiger partial charge in [-0.25, -0.2) is 9.18 Å². The molecule has 0 spiro atoms. The first-order valence-corrected chi connectivity index (χ1v) is 9.52. The number of amides is 3. The van der Waals surface area contributed by atoms with Gasteiger partial charge in [-0.2, -0.15) is 0 Å². The van der Waals surface area contributed by atoms with E-state index in [-0.39, 0.29) is 24.8 Å². The van der Waals surface area contributed by atoms with E-state index in [1.807, 2.05) is 60.7 Å². The van der Waals surface area contributed by atoms with E-state index in [1.165, 1.54) is 12.1 Å². The number of anilines is 1. The fraction of sp³-hybridized carbons (Fsp3) is 0.130. The molecule has 3 N–H and O–H groups in total. The molecule has 0 heterocycles. The van der Waals surface area contributed by atoms with Crippen LogP contribution in [0.4, 0.5) is 14.9 Å². The summed E-state index contributed by atoms with van der Waals surface area (Å²) in [5.74, 6) is -0.690. The molecule has 3 amide bonds. The molecule has 6 nitrogen and oxygen atoms in total. The summed E-state index contributed by atoms with van der Waals surface area (Å²) in [5, 5.41) is 6.89. The Hall–Kier alpha value is -3.87. The van der Waals surface area contributed by atoms with Crippen molar-refractivity contribution in [3.05, 3.63) is 102 Å². The zero-order chi connectivity index (χ0) is 21.2. The van der Waals surface area contributed by atoms with E-state index in [0.717, 1.165) is 16.8 Å². The van der Waals surface area contributed by atoms with Gasteiger partial charge >= 0.3 is 6.03 Å². The lowest BCUT2D eigenvalue weighted by atomic mass is 10.2. The van der Waals surface area contributed by atoms with E-state index < -0.39 is 6.03 Å². The third-order valence-electron chi connectivity index (χ3n) is 4.29. The largest absolute Gasteiger partial charge is 0.334 e. The summed E-state index contributed by atoms with van der Waals surface area (Å²) in [6, 6.07) is 24.6. The number of rotatable bonds is 8. The van der Waals surface area contributed by atoms with Crippen molar-refractivity contribution in [2.75, 3.05) is 11.6 Å². The molecule has 7 heteroatoms. The van der Waals surface area contributed by atoms with Crippen LogP contribution in [0.15, 0.2) is 84.9 Å². The van der Waals surface area contributed by atoms with Crippen LogP contribution in [0, 0.1) is 5.82 Å². The summed E-state index contributed by atoms with van der Waals surface area (Å²) < 4.78 is 12.9. The monoisotopic (exact) mass is 406 g/mol. The lowest BCUT2D eigenvalue weighted by Gasteiger charge is -2.25. The van der Waals surface area contributed by atoms with Crippen LogP contribution in [0.3, 0.4) is 0 Å². The summed E-state index contributed by atoms with van der Waals surface area (Å²) in [7, 11) is 0. The van der Waals surface area contributed by atoms with E-state index in [0.29, 0.717) is 6.54 Å². The Morgan fingerprint density at radius 2 is 1.40 bits per heavy atom. The number of benzene rings is 3. The van der Waals surface area contributed by atoms with Crippen LogP contribution in [-0.2, 0) is 17.9 Å². The highest BCUT2D eigenvalue weighted by Crippen LogP contribution is 2.14. The Morgan fingerprint density at radius 1 is 0.767 bits per heavy atom. The normalized spacial score (nSPS) is 10.2. The minimum Gasteiger partial charge on any atom is -0.334 e. The van der Waals surface area contributed by atoms with E-state index in [9.17, 15) is 14.0 Å². The predicted molar refractivity (Wildman–Crippen MR) is 114 cm³/mol. The van der Waals surface area contributed by atoms with Crippen molar-refractivity contribution in [2.24, 2.45) is 0 Å². The second-order valence-electron chi connectivity index (χ2n) is 6.60. The highest BCUT2D eigenvalue weighted by molar-refractivity contribution is 5.84. The van der Waals surface area contributed by atoms with Gasteiger partial charge in [0, 0.05) is 6.54 Å². The highest BCUT2D eigenvalue weighted by atomic mass is 19.1. The third kappa shape index (κ3) is 6.63. The first kappa shape index (κ1) is 20.9. The molecule has 0 fully saturated rings. The Kier molecular flexibility index (Phi) is 7.38. The SMILES string of the molecule is O=C(CNC(=O)NCc1ccc(F)cc1)NN(Cc1ccccc1)c1ccccc1. The first-order valence-electron chi connectivity index (χ1n) is 9.52. The maximum Gasteiger partial charge on any atom is 0.315 e. The van der Waals surface area contributed by atoms with Crippen LogP contribution in [0.2, 0.25) is 0 Å². The van der Waals surface area contributed by atoms with Gasteiger partial charge in [-0.1, -0.05) is 60.7 Å². The van der Waals surface area contributed by atoms with Gasteiger partial charge in [-0.05, 0) is 35.4 Å². The van der Waals surface area contributed by atoms with Crippen molar-refractivity contribution in [3.63, 3.8) is 0 Å². The molecule has 0 unspecified atom stereocenters. The highest BCUT2D eigenvalue weighted by Gasteiger charge is 2.12. The van der Waals surface area contributed by atoms with Crippen LogP contribution >= 0.6 is 0 Å². The topological polar surface area (TPSA) is 73.5 Å². The van der Waals surface area contributed by atoms with Crippen LogP contribution in [0.25, 0.3) is 0 Å². The quantitative estimate of drug-likeness (QED) is 0.502. The minimum absolute atomic E-state index is 0.187. The number of carbonyl (C=O) groups is 2. The van der Waals surface area contributed by atoms with E-state index >= 15 is 0 Å². The number of carbonyl (C=O) groups excluding carboxylic acids is 2. The fourth-order valence-electron chi connectivity index (χ4n) is 2.77. The number of hydrogen-bond donors (Lipinski definition) is 3. The van der Waals surface area contributed by atoms with Gasteiger partial charge in [0.05, 0.1) is 12.2 Å². The third-order valence-corrected chi connectivity index (χ3v) is 4.29. The Morgan fingerprint density at radius 3 is 2.07 bits per heavy atom. The van der Waals surface area contributed by atoms with Crippen molar-refractivity contribution in [1.29, 1.82) is 0 Å². The molecule has 0 aromatic heterocycles. The Bertz CT molecular complexity index is 950. The fourth-order valence-corrected chi connectivity index (χ4v) is 2.77. The molecule has 3 aromatic carbocycles. The number of para-hydroxylation sites is 1. The van der Waals surface area contributed by atoms with Crippen molar-refractivity contribution in [3.8, 4) is 0 Å². The summed E-state index contributed by atoms with van der Waals surface area (Å²) >= 11 is 0. The Labute approximate surface area is 174 Å². The number of halogens is 1. The Balaban J connectivity index is 1.51. The maximum absolute atomic E-state index is 12.9. The van der Waals surface area contributed by atoms with Crippen LogP contribution < -0.4 is 21.1 Å². The zero-order valence-electron chi connectivity index (χ0n) is 16.3. The van der Waals surface area contributed by atoms with Gasteiger partial charge in [0.2, 0.25) is 0 Å². The van der Waals surface area contributed by atoms with Gasteiger partial charge in [0.15, 0.2) is 0 Å². The molecule has 154 valence electrons. The number of hydrogen-bond acceptors (Lipinski definition) is 3. The smallest absolute Gasteiger partial charge is 0.315 e. The maximum atomic E-state index is 12.9. The average Bonchev–Trinajstić information content (AvgIpc) is 2.78. The van der Waals surface area contributed by atoms with Crippen molar-refractivity contribution < 1.29 is 14.0 Å². The molecule has 30 heavy (non-hydrogen) atoms. The lowest BCUT2D eigenvalue weighted by molar-refractivity contribution is -0.120. The van der Waals surface area contributed by atoms with Crippen LogP contribution in [-0.4, -0.2) is 18.5 Å². The van der Waals surface area contributed by atoms with Gasteiger partial charge in [-0.3, -0.25) is 15.2 Å². The number of urea groups is 1.